The molecule has 2 aromatic rings. The number of imide groups is 1. The number of nitrogens with one attached hydrogen (secondary N) is 1. The molecule has 0 saturated heterocycles. The van der Waals surface area contributed by atoms with Gasteiger partial charge in [-0.05, 0) is 37.3 Å². The van der Waals surface area contributed by atoms with Crippen molar-refractivity contribution >= 4 is 34.8 Å². The van der Waals surface area contributed by atoms with Gasteiger partial charge in [0.1, 0.15) is 5.75 Å². The fourth-order valence-electron chi connectivity index (χ4n) is 2.23. The predicted molar refractivity (Wildman–Crippen MR) is 95.3 cm³/mol. The quantitative estimate of drug-likeness (QED) is 0.655. The van der Waals surface area contributed by atoms with Crippen molar-refractivity contribution in [3.05, 3.63) is 48.5 Å². The highest BCUT2D eigenvalue weighted by atomic mass is 16.5. The molecular weight excluding hydrogens is 322 g/mol. The summed E-state index contributed by atoms with van der Waals surface area (Å²) < 4.78 is 5.40. The lowest BCUT2D eigenvalue weighted by molar-refractivity contribution is -0.136. The molecule has 2 aromatic carbocycles. The average Bonchev–Trinajstić information content (AvgIpc) is 2.56. The molecule has 0 bridgehead atoms. The number of nitrogen functional groups attached to an aromatic ring is 1. The maximum atomic E-state index is 12.5. The van der Waals surface area contributed by atoms with Crippen molar-refractivity contribution < 1.29 is 19.1 Å². The third kappa shape index (κ3) is 4.35. The first-order chi connectivity index (χ1) is 11.9. The van der Waals surface area contributed by atoms with Gasteiger partial charge in [0.15, 0.2) is 0 Å². The van der Waals surface area contributed by atoms with E-state index in [1.807, 2.05) is 0 Å². The minimum atomic E-state index is -1.01. The Morgan fingerprint density at radius 3 is 2.48 bits per heavy atom. The fourth-order valence-corrected chi connectivity index (χ4v) is 2.23. The standard InChI is InChI=1S/C18H19N3O4/c1-3-25-16-10-5-4-9-15(16)20-17(23)18(24)21(12(2)22)14-8-6-7-13(19)11-14/h4-11H,3,19H2,1-2H3,(H,20,23). The summed E-state index contributed by atoms with van der Waals surface area (Å²) in [6, 6.07) is 12.9. The maximum Gasteiger partial charge on any atom is 0.323 e. The number of anilines is 3. The van der Waals surface area contributed by atoms with Crippen molar-refractivity contribution in [3.63, 3.8) is 0 Å². The minimum absolute atomic E-state index is 0.228. The molecule has 25 heavy (non-hydrogen) atoms. The Morgan fingerprint density at radius 1 is 1.12 bits per heavy atom. The molecular formula is C18H19N3O4. The Labute approximate surface area is 145 Å². The monoisotopic (exact) mass is 341 g/mol. The van der Waals surface area contributed by atoms with Crippen molar-refractivity contribution in [3.8, 4) is 5.75 Å². The van der Waals surface area contributed by atoms with Gasteiger partial charge in [-0.2, -0.15) is 0 Å². The summed E-state index contributed by atoms with van der Waals surface area (Å²) in [7, 11) is 0. The Hall–Kier alpha value is -3.35. The molecule has 7 heteroatoms. The van der Waals surface area contributed by atoms with E-state index < -0.39 is 17.7 Å². The van der Waals surface area contributed by atoms with Gasteiger partial charge in [-0.25, -0.2) is 4.90 Å². The van der Waals surface area contributed by atoms with Crippen molar-refractivity contribution in [2.24, 2.45) is 0 Å². The Bertz CT molecular complexity index is 804. The first-order valence-electron chi connectivity index (χ1n) is 7.67. The number of benzene rings is 2. The molecule has 0 aliphatic carbocycles. The van der Waals surface area contributed by atoms with E-state index in [2.05, 4.69) is 5.32 Å². The summed E-state index contributed by atoms with van der Waals surface area (Å²) in [5.41, 5.74) is 6.63. The smallest absolute Gasteiger partial charge is 0.323 e. The summed E-state index contributed by atoms with van der Waals surface area (Å²) in [5, 5.41) is 2.48. The Kier molecular flexibility index (Phi) is 5.73. The first-order valence-corrected chi connectivity index (χ1v) is 7.67. The van der Waals surface area contributed by atoms with E-state index in [-0.39, 0.29) is 5.69 Å². The number of nitrogens with zero attached hydrogens (tertiary/aromatic N) is 1. The number of rotatable bonds is 4. The number of hydrogen-bond donors (Lipinski definition) is 2. The molecule has 2 rings (SSSR count). The van der Waals surface area contributed by atoms with Gasteiger partial charge in [-0.15, -0.1) is 0 Å². The van der Waals surface area contributed by atoms with Crippen LogP contribution in [0.1, 0.15) is 13.8 Å². The summed E-state index contributed by atoms with van der Waals surface area (Å²) >= 11 is 0. The molecule has 0 saturated carbocycles. The SMILES string of the molecule is CCOc1ccccc1NC(=O)C(=O)N(C(C)=O)c1cccc(N)c1. The van der Waals surface area contributed by atoms with Crippen LogP contribution in [0.5, 0.6) is 5.75 Å². The second kappa shape index (κ2) is 7.96. The van der Waals surface area contributed by atoms with Crippen LogP contribution < -0.4 is 20.7 Å². The van der Waals surface area contributed by atoms with Crippen molar-refractivity contribution in [2.75, 3.05) is 22.6 Å². The van der Waals surface area contributed by atoms with Crippen LogP contribution in [0.3, 0.4) is 0 Å². The number of amides is 3. The normalized spacial score (nSPS) is 10.0. The lowest BCUT2D eigenvalue weighted by Crippen LogP contribution is -2.42. The van der Waals surface area contributed by atoms with Crippen molar-refractivity contribution in [1.29, 1.82) is 0 Å². The zero-order valence-corrected chi connectivity index (χ0v) is 14.0. The number of para-hydroxylation sites is 2. The average molecular weight is 341 g/mol. The van der Waals surface area contributed by atoms with Gasteiger partial charge in [0.05, 0.1) is 18.0 Å². The van der Waals surface area contributed by atoms with Crippen LogP contribution in [-0.4, -0.2) is 24.3 Å². The molecule has 3 amide bonds. The molecule has 3 N–H and O–H groups in total. The van der Waals surface area contributed by atoms with Gasteiger partial charge in [0.25, 0.3) is 0 Å². The summed E-state index contributed by atoms with van der Waals surface area (Å²) in [5.74, 6) is -2.12. The van der Waals surface area contributed by atoms with Gasteiger partial charge in [-0.1, -0.05) is 18.2 Å². The molecule has 130 valence electrons. The molecule has 0 atom stereocenters. The predicted octanol–water partition coefficient (Wildman–Crippen LogP) is 2.19. The third-order valence-electron chi connectivity index (χ3n) is 3.28. The van der Waals surface area contributed by atoms with Gasteiger partial charge in [0, 0.05) is 12.6 Å². The van der Waals surface area contributed by atoms with Crippen molar-refractivity contribution in [1.82, 2.24) is 0 Å². The van der Waals surface area contributed by atoms with E-state index in [0.717, 1.165) is 4.90 Å². The molecule has 0 aliphatic rings. The van der Waals surface area contributed by atoms with Crippen LogP contribution in [0.25, 0.3) is 0 Å². The highest BCUT2D eigenvalue weighted by Crippen LogP contribution is 2.24. The Morgan fingerprint density at radius 2 is 1.84 bits per heavy atom. The molecule has 0 heterocycles. The van der Waals surface area contributed by atoms with E-state index >= 15 is 0 Å². The molecule has 0 fully saturated rings. The Balaban J connectivity index is 2.25. The van der Waals surface area contributed by atoms with Crippen LogP contribution >= 0.6 is 0 Å². The van der Waals surface area contributed by atoms with Crippen LogP contribution in [0.2, 0.25) is 0 Å². The number of hydrogen-bond acceptors (Lipinski definition) is 5. The van der Waals surface area contributed by atoms with E-state index in [9.17, 15) is 14.4 Å². The van der Waals surface area contributed by atoms with Crippen LogP contribution in [0, 0.1) is 0 Å². The van der Waals surface area contributed by atoms with Crippen LogP contribution in [0.4, 0.5) is 17.1 Å². The van der Waals surface area contributed by atoms with E-state index in [1.165, 1.54) is 19.1 Å². The van der Waals surface area contributed by atoms with Crippen LogP contribution in [0.15, 0.2) is 48.5 Å². The maximum absolute atomic E-state index is 12.5. The second-order valence-corrected chi connectivity index (χ2v) is 5.14. The minimum Gasteiger partial charge on any atom is -0.492 e. The molecule has 0 aliphatic heterocycles. The largest absolute Gasteiger partial charge is 0.492 e. The lowest BCUT2D eigenvalue weighted by Gasteiger charge is -2.19. The lowest BCUT2D eigenvalue weighted by atomic mass is 10.2. The summed E-state index contributed by atoms with van der Waals surface area (Å²) in [4.78, 5) is 37.5. The molecule has 0 radical (unpaired) electrons. The van der Waals surface area contributed by atoms with Gasteiger partial charge in [-0.3, -0.25) is 14.4 Å². The third-order valence-corrected chi connectivity index (χ3v) is 3.28. The van der Waals surface area contributed by atoms with Gasteiger partial charge in [0.2, 0.25) is 5.91 Å². The number of ether oxygens (including phenoxy) is 1. The zero-order valence-electron chi connectivity index (χ0n) is 14.0. The highest BCUT2D eigenvalue weighted by Gasteiger charge is 2.27. The van der Waals surface area contributed by atoms with E-state index in [1.54, 1.807) is 43.3 Å². The van der Waals surface area contributed by atoms with Crippen molar-refractivity contribution in [2.45, 2.75) is 13.8 Å². The van der Waals surface area contributed by atoms with Crippen LogP contribution in [-0.2, 0) is 14.4 Å². The fraction of sp³-hybridized carbons (Fsp3) is 0.167. The zero-order chi connectivity index (χ0) is 18.4. The van der Waals surface area contributed by atoms with E-state index in [0.29, 0.717) is 23.7 Å². The van der Waals surface area contributed by atoms with Gasteiger partial charge < -0.3 is 15.8 Å². The molecule has 0 unspecified atom stereocenters. The van der Waals surface area contributed by atoms with Gasteiger partial charge >= 0.3 is 11.8 Å². The molecule has 7 nitrogen and oxygen atoms in total. The number of carbonyl (C=O) groups excluding carboxylic acids is 3. The summed E-state index contributed by atoms with van der Waals surface area (Å²) in [6.45, 7) is 3.41. The topological polar surface area (TPSA) is 102 Å². The number of nitrogens with two attached hydrogens (primary N) is 1. The molecule has 0 spiro atoms. The van der Waals surface area contributed by atoms with E-state index in [4.69, 9.17) is 10.5 Å². The summed E-state index contributed by atoms with van der Waals surface area (Å²) in [6.07, 6.45) is 0. The number of carbonyl (C=O) groups is 3. The second-order valence-electron chi connectivity index (χ2n) is 5.14. The highest BCUT2D eigenvalue weighted by molar-refractivity contribution is 6.48. The molecule has 0 aromatic heterocycles. The first kappa shape index (κ1) is 18.0.